The first-order chi connectivity index (χ1) is 8.06. The molecule has 0 atom stereocenters. The van der Waals surface area contributed by atoms with Gasteiger partial charge in [0.2, 0.25) is 0 Å². The van der Waals surface area contributed by atoms with E-state index >= 15 is 0 Å². The minimum Gasteiger partial charge on any atom is -0.389 e. The minimum absolute atomic E-state index is 0.0997. The maximum Gasteiger partial charge on any atom is 0.135 e. The highest BCUT2D eigenvalue weighted by atomic mass is 32.1. The van der Waals surface area contributed by atoms with Crippen LogP contribution in [0, 0.1) is 5.82 Å². The number of hydrogen-bond acceptors (Lipinski definition) is 2. The molecule has 0 aliphatic rings. The van der Waals surface area contributed by atoms with Crippen molar-refractivity contribution >= 4 is 22.9 Å². The molecule has 1 aromatic carbocycles. The van der Waals surface area contributed by atoms with E-state index in [-0.39, 0.29) is 10.8 Å². The van der Waals surface area contributed by atoms with Crippen LogP contribution >= 0.6 is 12.2 Å². The Labute approximate surface area is 108 Å². The highest BCUT2D eigenvalue weighted by Crippen LogP contribution is 2.18. The summed E-state index contributed by atoms with van der Waals surface area (Å²) in [6.07, 6.45) is 3.49. The van der Waals surface area contributed by atoms with Gasteiger partial charge in [0, 0.05) is 24.8 Å². The number of anilines is 1. The van der Waals surface area contributed by atoms with Gasteiger partial charge >= 0.3 is 0 Å². The molecule has 4 heteroatoms. The molecule has 0 aliphatic heterocycles. The number of unbranched alkanes of at least 4 members (excludes halogenated alkanes) is 2. The van der Waals surface area contributed by atoms with Gasteiger partial charge in [-0.25, -0.2) is 4.39 Å². The average molecular weight is 254 g/mol. The summed E-state index contributed by atoms with van der Waals surface area (Å²) in [5.74, 6) is -0.350. The topological polar surface area (TPSA) is 29.3 Å². The largest absolute Gasteiger partial charge is 0.389 e. The Bertz CT molecular complexity index is 393. The van der Waals surface area contributed by atoms with Gasteiger partial charge in [0.25, 0.3) is 0 Å². The number of rotatable bonds is 6. The van der Waals surface area contributed by atoms with E-state index in [4.69, 9.17) is 18.0 Å². The molecular weight excluding hydrogens is 235 g/mol. The van der Waals surface area contributed by atoms with Crippen molar-refractivity contribution in [1.82, 2.24) is 0 Å². The van der Waals surface area contributed by atoms with Crippen LogP contribution < -0.4 is 10.6 Å². The van der Waals surface area contributed by atoms with E-state index < -0.39 is 0 Å². The van der Waals surface area contributed by atoms with E-state index in [1.807, 2.05) is 18.0 Å². The van der Waals surface area contributed by atoms with Crippen LogP contribution in [-0.2, 0) is 0 Å². The summed E-state index contributed by atoms with van der Waals surface area (Å²) in [6.45, 7) is 3.09. The molecule has 0 spiro atoms. The van der Waals surface area contributed by atoms with Crippen molar-refractivity contribution in [3.8, 4) is 0 Å². The predicted molar refractivity (Wildman–Crippen MR) is 75.1 cm³/mol. The van der Waals surface area contributed by atoms with Gasteiger partial charge in [-0.05, 0) is 24.6 Å². The second-order valence-electron chi connectivity index (χ2n) is 4.16. The summed E-state index contributed by atoms with van der Waals surface area (Å²) >= 11 is 4.77. The molecule has 94 valence electrons. The number of hydrogen-bond donors (Lipinski definition) is 1. The van der Waals surface area contributed by atoms with Crippen LogP contribution in [0.15, 0.2) is 18.2 Å². The lowest BCUT2D eigenvalue weighted by Crippen LogP contribution is -2.19. The summed E-state index contributed by atoms with van der Waals surface area (Å²) < 4.78 is 13.7. The van der Waals surface area contributed by atoms with E-state index in [0.717, 1.165) is 18.7 Å². The van der Waals surface area contributed by atoms with Crippen LogP contribution in [0.3, 0.4) is 0 Å². The standard InChI is InChI=1S/C13H19FN2S/c1-3-4-5-8-16(2)10-6-7-11(13(15)17)12(14)9-10/h6-7,9H,3-5,8H2,1-2H3,(H2,15,17). The lowest BCUT2D eigenvalue weighted by atomic mass is 10.1. The van der Waals surface area contributed by atoms with Crippen LogP contribution in [0.4, 0.5) is 10.1 Å². The van der Waals surface area contributed by atoms with Gasteiger partial charge < -0.3 is 10.6 Å². The summed E-state index contributed by atoms with van der Waals surface area (Å²) in [7, 11) is 1.96. The van der Waals surface area contributed by atoms with Gasteiger partial charge in [0.1, 0.15) is 10.8 Å². The number of halogens is 1. The van der Waals surface area contributed by atoms with Crippen LogP contribution in [-0.4, -0.2) is 18.6 Å². The highest BCUT2D eigenvalue weighted by molar-refractivity contribution is 7.80. The predicted octanol–water partition coefficient (Wildman–Crippen LogP) is 3.09. The Balaban J connectivity index is 2.72. The lowest BCUT2D eigenvalue weighted by Gasteiger charge is -2.19. The third kappa shape index (κ3) is 3.97. The lowest BCUT2D eigenvalue weighted by molar-refractivity contribution is 0.624. The molecule has 0 amide bonds. The number of nitrogens with zero attached hydrogens (tertiary/aromatic N) is 1. The van der Waals surface area contributed by atoms with Crippen molar-refractivity contribution in [3.05, 3.63) is 29.6 Å². The summed E-state index contributed by atoms with van der Waals surface area (Å²) in [6, 6.07) is 4.98. The number of nitrogens with two attached hydrogens (primary N) is 1. The fraction of sp³-hybridized carbons (Fsp3) is 0.462. The molecule has 0 aliphatic carbocycles. The van der Waals surface area contributed by atoms with E-state index in [0.29, 0.717) is 5.56 Å². The SMILES string of the molecule is CCCCCN(C)c1ccc(C(N)=S)c(F)c1. The van der Waals surface area contributed by atoms with Crippen LogP contribution in [0.25, 0.3) is 0 Å². The van der Waals surface area contributed by atoms with Gasteiger partial charge in [-0.2, -0.15) is 0 Å². The molecule has 0 radical (unpaired) electrons. The molecule has 0 saturated heterocycles. The van der Waals surface area contributed by atoms with Crippen molar-refractivity contribution in [2.45, 2.75) is 26.2 Å². The molecule has 2 nitrogen and oxygen atoms in total. The molecule has 1 rings (SSSR count). The van der Waals surface area contributed by atoms with Gasteiger partial charge in [-0.15, -0.1) is 0 Å². The molecule has 0 unspecified atom stereocenters. The van der Waals surface area contributed by atoms with Gasteiger partial charge in [-0.1, -0.05) is 32.0 Å². The Kier molecular flexibility index (Phi) is 5.35. The Morgan fingerprint density at radius 1 is 1.41 bits per heavy atom. The van der Waals surface area contributed by atoms with E-state index in [9.17, 15) is 4.39 Å². The van der Waals surface area contributed by atoms with Gasteiger partial charge in [-0.3, -0.25) is 0 Å². The monoisotopic (exact) mass is 254 g/mol. The molecular formula is C13H19FN2S. The molecule has 1 aromatic rings. The fourth-order valence-corrected chi connectivity index (χ4v) is 1.83. The molecule has 0 saturated carbocycles. The van der Waals surface area contributed by atoms with E-state index in [2.05, 4.69) is 6.92 Å². The van der Waals surface area contributed by atoms with Gasteiger partial charge in [0.05, 0.1) is 0 Å². The first-order valence-electron chi connectivity index (χ1n) is 5.86. The second kappa shape index (κ2) is 6.55. The van der Waals surface area contributed by atoms with Crippen molar-refractivity contribution in [2.75, 3.05) is 18.5 Å². The van der Waals surface area contributed by atoms with Crippen molar-refractivity contribution in [2.24, 2.45) is 5.73 Å². The first-order valence-corrected chi connectivity index (χ1v) is 6.27. The molecule has 0 bridgehead atoms. The Morgan fingerprint density at radius 3 is 2.65 bits per heavy atom. The summed E-state index contributed by atoms with van der Waals surface area (Å²) in [5.41, 5.74) is 6.59. The highest BCUT2D eigenvalue weighted by Gasteiger charge is 2.08. The number of benzene rings is 1. The van der Waals surface area contributed by atoms with Gasteiger partial charge in [0.15, 0.2) is 0 Å². The zero-order valence-corrected chi connectivity index (χ0v) is 11.2. The van der Waals surface area contributed by atoms with Crippen molar-refractivity contribution < 1.29 is 4.39 Å². The zero-order valence-electron chi connectivity index (χ0n) is 10.4. The average Bonchev–Trinajstić information content (AvgIpc) is 2.28. The van der Waals surface area contributed by atoms with E-state index in [1.54, 1.807) is 6.07 Å². The molecule has 0 fully saturated rings. The first kappa shape index (κ1) is 13.9. The molecule has 2 N–H and O–H groups in total. The zero-order chi connectivity index (χ0) is 12.8. The summed E-state index contributed by atoms with van der Waals surface area (Å²) in [5, 5.41) is 0. The number of thiocarbonyl (C=S) groups is 1. The summed E-state index contributed by atoms with van der Waals surface area (Å²) in [4.78, 5) is 2.14. The Morgan fingerprint density at radius 2 is 2.12 bits per heavy atom. The molecule has 0 heterocycles. The minimum atomic E-state index is -0.350. The smallest absolute Gasteiger partial charge is 0.135 e. The Hall–Kier alpha value is -1.16. The van der Waals surface area contributed by atoms with Crippen LogP contribution in [0.1, 0.15) is 31.7 Å². The third-order valence-electron chi connectivity index (χ3n) is 2.76. The van der Waals surface area contributed by atoms with Crippen molar-refractivity contribution in [1.29, 1.82) is 0 Å². The normalized spacial score (nSPS) is 10.3. The third-order valence-corrected chi connectivity index (χ3v) is 2.98. The fourth-order valence-electron chi connectivity index (χ4n) is 1.67. The quantitative estimate of drug-likeness (QED) is 0.625. The van der Waals surface area contributed by atoms with E-state index in [1.165, 1.54) is 18.9 Å². The van der Waals surface area contributed by atoms with Crippen LogP contribution in [0.5, 0.6) is 0 Å². The van der Waals surface area contributed by atoms with Crippen LogP contribution in [0.2, 0.25) is 0 Å². The molecule has 17 heavy (non-hydrogen) atoms. The maximum atomic E-state index is 13.7. The second-order valence-corrected chi connectivity index (χ2v) is 4.60. The molecule has 0 aromatic heterocycles. The van der Waals surface area contributed by atoms with Crippen molar-refractivity contribution in [3.63, 3.8) is 0 Å². The maximum absolute atomic E-state index is 13.7.